The van der Waals surface area contributed by atoms with Gasteiger partial charge in [-0.05, 0) is 36.8 Å². The van der Waals surface area contributed by atoms with E-state index < -0.39 is 16.1 Å². The summed E-state index contributed by atoms with van der Waals surface area (Å²) >= 11 is 7.78. The topological polar surface area (TPSA) is 113 Å². The summed E-state index contributed by atoms with van der Waals surface area (Å²) < 4.78 is 39.6. The zero-order chi connectivity index (χ0) is 26.7. The molecule has 1 unspecified atom stereocenters. The molecule has 1 fully saturated rings. The van der Waals surface area contributed by atoms with Gasteiger partial charge in [0.05, 0.1) is 36.4 Å². The maximum atomic E-state index is 13.8. The van der Waals surface area contributed by atoms with Crippen LogP contribution in [0.15, 0.2) is 52.9 Å². The third-order valence-corrected chi connectivity index (χ3v) is 9.25. The van der Waals surface area contributed by atoms with Gasteiger partial charge in [-0.15, -0.1) is 11.3 Å². The van der Waals surface area contributed by atoms with Crippen molar-refractivity contribution in [1.29, 1.82) is 0 Å². The number of benzene rings is 2. The van der Waals surface area contributed by atoms with E-state index in [0.29, 0.717) is 47.4 Å². The SMILES string of the molecule is COc1ccc(CN(c2nccs2)S(=O)(=O)c2ccc(N(C)C3CCN(C(=O)O)C3)c(Cl)c2)c(OC)c1. The lowest BCUT2D eigenvalue weighted by Gasteiger charge is -2.28. The first-order chi connectivity index (χ1) is 17.6. The minimum Gasteiger partial charge on any atom is -0.497 e. The average molecular weight is 567 g/mol. The van der Waals surface area contributed by atoms with Crippen LogP contribution in [0, 0.1) is 0 Å². The monoisotopic (exact) mass is 566 g/mol. The zero-order valence-corrected chi connectivity index (χ0v) is 22.9. The van der Waals surface area contributed by atoms with E-state index in [1.54, 1.807) is 43.0 Å². The fraction of sp³-hybridized carbons (Fsp3) is 0.333. The molecule has 4 rings (SSSR count). The van der Waals surface area contributed by atoms with Crippen molar-refractivity contribution in [2.45, 2.75) is 23.9 Å². The molecular formula is C24H27ClN4O6S2. The van der Waals surface area contributed by atoms with E-state index >= 15 is 0 Å². The summed E-state index contributed by atoms with van der Waals surface area (Å²) in [6, 6.07) is 9.68. The van der Waals surface area contributed by atoms with Crippen molar-refractivity contribution in [3.05, 3.63) is 58.6 Å². The summed E-state index contributed by atoms with van der Waals surface area (Å²) in [7, 11) is 0.813. The highest BCUT2D eigenvalue weighted by molar-refractivity contribution is 7.93. The number of amides is 1. The Bertz CT molecular complexity index is 1370. The molecule has 0 saturated carbocycles. The van der Waals surface area contributed by atoms with Gasteiger partial charge in [-0.3, -0.25) is 0 Å². The van der Waals surface area contributed by atoms with Crippen LogP contribution < -0.4 is 18.7 Å². The third kappa shape index (κ3) is 5.55. The standard InChI is InChI=1S/C24H27ClN4O6S2/c1-27(17-8-10-28(15-17)24(30)31)21-7-6-19(13-20(21)25)37(32,33)29(23-26-9-11-36-23)14-16-4-5-18(34-2)12-22(16)35-3/h4-7,9,11-13,17H,8,10,14-15H2,1-3H3,(H,30,31). The fourth-order valence-electron chi connectivity index (χ4n) is 4.22. The van der Waals surface area contributed by atoms with Gasteiger partial charge >= 0.3 is 6.09 Å². The van der Waals surface area contributed by atoms with Crippen molar-refractivity contribution in [1.82, 2.24) is 9.88 Å². The third-order valence-electron chi connectivity index (χ3n) is 6.31. The minimum absolute atomic E-state index is 0.0101. The number of ether oxygens (including phenoxy) is 2. The molecule has 2 aromatic carbocycles. The number of likely N-dealkylation sites (tertiary alicyclic amines) is 1. The first-order valence-corrected chi connectivity index (χ1v) is 14.0. The Kier molecular flexibility index (Phi) is 8.00. The number of hydrogen-bond acceptors (Lipinski definition) is 8. The lowest BCUT2D eigenvalue weighted by Crippen LogP contribution is -2.36. The molecule has 1 N–H and O–H groups in total. The Morgan fingerprint density at radius 1 is 1.24 bits per heavy atom. The molecule has 1 atom stereocenters. The molecule has 1 saturated heterocycles. The molecule has 1 aliphatic rings. The van der Waals surface area contributed by atoms with Crippen LogP contribution in [0.25, 0.3) is 0 Å². The van der Waals surface area contributed by atoms with Gasteiger partial charge in [-0.2, -0.15) is 0 Å². The second-order valence-electron chi connectivity index (χ2n) is 8.40. The number of anilines is 2. The second kappa shape index (κ2) is 11.0. The van der Waals surface area contributed by atoms with Gasteiger partial charge in [0.25, 0.3) is 10.0 Å². The Morgan fingerprint density at radius 2 is 2.03 bits per heavy atom. The molecule has 3 aromatic rings. The highest BCUT2D eigenvalue weighted by Crippen LogP contribution is 2.35. The van der Waals surface area contributed by atoms with Crippen molar-refractivity contribution in [2.75, 3.05) is 43.6 Å². The van der Waals surface area contributed by atoms with E-state index in [-0.39, 0.29) is 22.5 Å². The minimum atomic E-state index is -4.06. The normalized spacial score (nSPS) is 15.5. The van der Waals surface area contributed by atoms with Crippen molar-refractivity contribution in [3.63, 3.8) is 0 Å². The van der Waals surface area contributed by atoms with Gasteiger partial charge < -0.3 is 24.4 Å². The van der Waals surface area contributed by atoms with Crippen molar-refractivity contribution >= 4 is 49.9 Å². The summed E-state index contributed by atoms with van der Waals surface area (Å²) in [6.07, 6.45) is 1.24. The molecule has 37 heavy (non-hydrogen) atoms. The van der Waals surface area contributed by atoms with Crippen molar-refractivity contribution in [2.24, 2.45) is 0 Å². The van der Waals surface area contributed by atoms with E-state index in [1.807, 2.05) is 11.9 Å². The van der Waals surface area contributed by atoms with Gasteiger partial charge in [0.1, 0.15) is 11.5 Å². The molecule has 0 radical (unpaired) electrons. The highest BCUT2D eigenvalue weighted by Gasteiger charge is 2.32. The highest BCUT2D eigenvalue weighted by atomic mass is 35.5. The van der Waals surface area contributed by atoms with Crippen LogP contribution in [-0.2, 0) is 16.6 Å². The van der Waals surface area contributed by atoms with E-state index in [2.05, 4.69) is 4.98 Å². The Hall–Kier alpha value is -3.22. The number of carboxylic acid groups (broad SMARTS) is 1. The molecule has 10 nitrogen and oxygen atoms in total. The smallest absolute Gasteiger partial charge is 0.407 e. The maximum Gasteiger partial charge on any atom is 0.407 e. The van der Waals surface area contributed by atoms with E-state index in [4.69, 9.17) is 21.1 Å². The largest absolute Gasteiger partial charge is 0.497 e. The van der Waals surface area contributed by atoms with Crippen LogP contribution in [-0.4, -0.2) is 69.9 Å². The number of sulfonamides is 1. The number of rotatable bonds is 9. The molecule has 1 aromatic heterocycles. The molecule has 1 amide bonds. The van der Waals surface area contributed by atoms with Gasteiger partial charge in [-0.25, -0.2) is 22.5 Å². The predicted molar refractivity (Wildman–Crippen MR) is 143 cm³/mol. The van der Waals surface area contributed by atoms with Crippen molar-refractivity contribution in [3.8, 4) is 11.5 Å². The fourth-order valence-corrected chi connectivity index (χ4v) is 6.89. The summed E-state index contributed by atoms with van der Waals surface area (Å²) in [5, 5.41) is 11.5. The number of halogens is 1. The molecular weight excluding hydrogens is 540 g/mol. The molecule has 198 valence electrons. The molecule has 13 heteroatoms. The number of aromatic nitrogens is 1. The van der Waals surface area contributed by atoms with Crippen molar-refractivity contribution < 1.29 is 27.8 Å². The Morgan fingerprint density at radius 3 is 2.62 bits per heavy atom. The Balaban J connectivity index is 1.65. The first-order valence-electron chi connectivity index (χ1n) is 11.3. The molecule has 2 heterocycles. The second-order valence-corrected chi connectivity index (χ2v) is 11.5. The molecule has 0 spiro atoms. The summed E-state index contributed by atoms with van der Waals surface area (Å²) in [5.74, 6) is 1.07. The van der Waals surface area contributed by atoms with Crippen LogP contribution in [0.2, 0.25) is 5.02 Å². The first kappa shape index (κ1) is 26.8. The molecule has 1 aliphatic heterocycles. The number of hydrogen-bond donors (Lipinski definition) is 1. The zero-order valence-electron chi connectivity index (χ0n) is 20.5. The van der Waals surface area contributed by atoms with Gasteiger partial charge in [0, 0.05) is 49.4 Å². The number of likely N-dealkylation sites (N-methyl/N-ethyl adjacent to an activating group) is 1. The number of thiazole rings is 1. The van der Waals surface area contributed by atoms with E-state index in [9.17, 15) is 18.3 Å². The van der Waals surface area contributed by atoms with E-state index in [1.165, 1.54) is 39.8 Å². The van der Waals surface area contributed by atoms with Gasteiger partial charge in [-0.1, -0.05) is 11.6 Å². The summed E-state index contributed by atoms with van der Waals surface area (Å²) in [4.78, 5) is 18.8. The van der Waals surface area contributed by atoms with Crippen LogP contribution in [0.4, 0.5) is 15.6 Å². The van der Waals surface area contributed by atoms with Crippen LogP contribution in [0.5, 0.6) is 11.5 Å². The quantitative estimate of drug-likeness (QED) is 0.405. The predicted octanol–water partition coefficient (Wildman–Crippen LogP) is 4.40. The average Bonchev–Trinajstić information content (AvgIpc) is 3.59. The van der Waals surface area contributed by atoms with Gasteiger partial charge in [0.15, 0.2) is 5.13 Å². The molecule has 0 aliphatic carbocycles. The number of methoxy groups -OCH3 is 2. The van der Waals surface area contributed by atoms with Crippen LogP contribution in [0.3, 0.4) is 0 Å². The maximum absolute atomic E-state index is 13.8. The molecule has 0 bridgehead atoms. The lowest BCUT2D eigenvalue weighted by atomic mass is 10.2. The number of nitrogens with zero attached hydrogens (tertiary/aromatic N) is 4. The summed E-state index contributed by atoms with van der Waals surface area (Å²) in [6.45, 7) is 0.769. The van der Waals surface area contributed by atoms with Gasteiger partial charge in [0.2, 0.25) is 0 Å². The lowest BCUT2D eigenvalue weighted by molar-refractivity contribution is 0.155. The summed E-state index contributed by atoms with van der Waals surface area (Å²) in [5.41, 5.74) is 1.25. The van der Waals surface area contributed by atoms with E-state index in [0.717, 1.165) is 0 Å². The van der Waals surface area contributed by atoms with Crippen LogP contribution in [0.1, 0.15) is 12.0 Å². The Labute approximate surface area is 224 Å². The number of carbonyl (C=O) groups is 1. The van der Waals surface area contributed by atoms with Crippen LogP contribution >= 0.6 is 22.9 Å².